The molecule has 108 valence electrons. The second-order valence-electron chi connectivity index (χ2n) is 6.10. The first-order valence-electron chi connectivity index (χ1n) is 6.65. The van der Waals surface area contributed by atoms with Gasteiger partial charge in [-0.2, -0.15) is 0 Å². The summed E-state index contributed by atoms with van der Waals surface area (Å²) in [7, 11) is 0. The summed E-state index contributed by atoms with van der Waals surface area (Å²) in [6.45, 7) is 6.25. The van der Waals surface area contributed by atoms with Crippen LogP contribution in [0.3, 0.4) is 0 Å². The van der Waals surface area contributed by atoms with Gasteiger partial charge in [0.2, 0.25) is 11.8 Å². The van der Waals surface area contributed by atoms with E-state index in [0.29, 0.717) is 6.54 Å². The van der Waals surface area contributed by atoms with Crippen molar-refractivity contribution in [3.05, 3.63) is 28.7 Å². The minimum Gasteiger partial charge on any atom is -0.351 e. The molecule has 0 aliphatic carbocycles. The van der Waals surface area contributed by atoms with E-state index in [9.17, 15) is 9.59 Å². The largest absolute Gasteiger partial charge is 0.351 e. The first-order chi connectivity index (χ1) is 9.28. The molecule has 5 heteroatoms. The third-order valence-electron chi connectivity index (χ3n) is 3.14. The predicted octanol–water partition coefficient (Wildman–Crippen LogP) is 2.72. The smallest absolute Gasteiger partial charge is 0.227 e. The van der Waals surface area contributed by atoms with Crippen molar-refractivity contribution in [2.24, 2.45) is 5.92 Å². The van der Waals surface area contributed by atoms with Crippen molar-refractivity contribution < 1.29 is 9.59 Å². The highest BCUT2D eigenvalue weighted by atomic mass is 79.9. The summed E-state index contributed by atoms with van der Waals surface area (Å²) in [4.78, 5) is 26.0. The second-order valence-corrected chi connectivity index (χ2v) is 6.95. The van der Waals surface area contributed by atoms with Crippen LogP contribution in [0.1, 0.15) is 27.2 Å². The zero-order chi connectivity index (χ0) is 14.9. The Morgan fingerprint density at radius 1 is 1.35 bits per heavy atom. The van der Waals surface area contributed by atoms with Gasteiger partial charge in [0.05, 0.1) is 11.6 Å². The number of rotatable bonds is 2. The maximum Gasteiger partial charge on any atom is 0.227 e. The molecule has 1 aliphatic rings. The monoisotopic (exact) mass is 338 g/mol. The molecule has 1 N–H and O–H groups in total. The molecule has 0 spiro atoms. The van der Waals surface area contributed by atoms with Gasteiger partial charge in [-0.25, -0.2) is 0 Å². The number of para-hydroxylation sites is 1. The van der Waals surface area contributed by atoms with Gasteiger partial charge in [-0.15, -0.1) is 0 Å². The fraction of sp³-hybridized carbons (Fsp3) is 0.467. The zero-order valence-electron chi connectivity index (χ0n) is 11.9. The van der Waals surface area contributed by atoms with Crippen LogP contribution in [0.2, 0.25) is 0 Å². The summed E-state index contributed by atoms with van der Waals surface area (Å²) in [5.41, 5.74) is 0.546. The number of amides is 2. The van der Waals surface area contributed by atoms with Crippen molar-refractivity contribution >= 4 is 33.4 Å². The van der Waals surface area contributed by atoms with Gasteiger partial charge in [0.15, 0.2) is 0 Å². The van der Waals surface area contributed by atoms with E-state index in [1.54, 1.807) is 4.90 Å². The highest BCUT2D eigenvalue weighted by molar-refractivity contribution is 9.10. The molecule has 2 amide bonds. The maximum atomic E-state index is 12.2. The highest BCUT2D eigenvalue weighted by Gasteiger charge is 2.36. The fourth-order valence-electron chi connectivity index (χ4n) is 2.26. The number of halogens is 1. The third-order valence-corrected chi connectivity index (χ3v) is 3.81. The molecular formula is C15H19BrN2O2. The van der Waals surface area contributed by atoms with E-state index >= 15 is 0 Å². The Kier molecular flexibility index (Phi) is 4.18. The van der Waals surface area contributed by atoms with Crippen molar-refractivity contribution in [1.29, 1.82) is 0 Å². The van der Waals surface area contributed by atoms with Gasteiger partial charge in [-0.05, 0) is 48.8 Å². The van der Waals surface area contributed by atoms with Crippen molar-refractivity contribution in [3.8, 4) is 0 Å². The van der Waals surface area contributed by atoms with E-state index in [2.05, 4.69) is 21.2 Å². The zero-order valence-corrected chi connectivity index (χ0v) is 13.5. The van der Waals surface area contributed by atoms with Crippen LogP contribution < -0.4 is 10.2 Å². The average molecular weight is 339 g/mol. The standard InChI is InChI=1S/C15H19BrN2O2/c1-15(2,3)17-14(20)10-8-13(19)18(9-10)12-7-5-4-6-11(12)16/h4-7,10H,8-9H2,1-3H3,(H,17,20). The summed E-state index contributed by atoms with van der Waals surface area (Å²) in [5, 5.41) is 2.94. The molecule has 1 heterocycles. The number of hydrogen-bond acceptors (Lipinski definition) is 2. The van der Waals surface area contributed by atoms with Crippen molar-refractivity contribution in [2.75, 3.05) is 11.4 Å². The summed E-state index contributed by atoms with van der Waals surface area (Å²) in [6.07, 6.45) is 0.267. The van der Waals surface area contributed by atoms with Crippen LogP contribution >= 0.6 is 15.9 Å². The highest BCUT2D eigenvalue weighted by Crippen LogP contribution is 2.31. The van der Waals surface area contributed by atoms with E-state index in [-0.39, 0.29) is 29.7 Å². The van der Waals surface area contributed by atoms with Gasteiger partial charge in [0, 0.05) is 23.0 Å². The molecular weight excluding hydrogens is 320 g/mol. The number of carbonyl (C=O) groups is 2. The second kappa shape index (κ2) is 5.56. The van der Waals surface area contributed by atoms with E-state index in [0.717, 1.165) is 10.2 Å². The fourth-order valence-corrected chi connectivity index (χ4v) is 2.76. The average Bonchev–Trinajstić information content (AvgIpc) is 2.70. The molecule has 0 radical (unpaired) electrons. The Hall–Kier alpha value is -1.36. The van der Waals surface area contributed by atoms with Gasteiger partial charge >= 0.3 is 0 Å². The van der Waals surface area contributed by atoms with Crippen LogP contribution in [0.4, 0.5) is 5.69 Å². The van der Waals surface area contributed by atoms with Gasteiger partial charge in [-0.1, -0.05) is 12.1 Å². The Morgan fingerprint density at radius 3 is 2.60 bits per heavy atom. The Balaban J connectivity index is 2.12. The molecule has 1 aliphatic heterocycles. The molecule has 1 atom stereocenters. The van der Waals surface area contributed by atoms with Crippen molar-refractivity contribution in [2.45, 2.75) is 32.7 Å². The first kappa shape index (κ1) is 15.0. The molecule has 1 fully saturated rings. The van der Waals surface area contributed by atoms with Crippen LogP contribution in [0.15, 0.2) is 28.7 Å². The summed E-state index contributed by atoms with van der Waals surface area (Å²) in [6, 6.07) is 7.56. The van der Waals surface area contributed by atoms with Crippen molar-refractivity contribution in [3.63, 3.8) is 0 Å². The number of anilines is 1. The van der Waals surface area contributed by atoms with Gasteiger partial charge in [-0.3, -0.25) is 9.59 Å². The van der Waals surface area contributed by atoms with Crippen LogP contribution in [0, 0.1) is 5.92 Å². The Bertz CT molecular complexity index is 537. The molecule has 1 aromatic rings. The van der Waals surface area contributed by atoms with Crippen LogP contribution in [0.25, 0.3) is 0 Å². The normalized spacial score (nSPS) is 19.3. The molecule has 20 heavy (non-hydrogen) atoms. The van der Waals surface area contributed by atoms with E-state index in [1.807, 2.05) is 45.0 Å². The van der Waals surface area contributed by atoms with Crippen LogP contribution in [0.5, 0.6) is 0 Å². The molecule has 2 rings (SSSR count). The van der Waals surface area contributed by atoms with Gasteiger partial charge < -0.3 is 10.2 Å². The van der Waals surface area contributed by atoms with E-state index in [1.165, 1.54) is 0 Å². The first-order valence-corrected chi connectivity index (χ1v) is 7.44. The molecule has 4 nitrogen and oxygen atoms in total. The topological polar surface area (TPSA) is 49.4 Å². The molecule has 1 aromatic carbocycles. The van der Waals surface area contributed by atoms with E-state index < -0.39 is 0 Å². The predicted molar refractivity (Wildman–Crippen MR) is 82.5 cm³/mol. The lowest BCUT2D eigenvalue weighted by molar-refractivity contribution is -0.127. The number of carbonyl (C=O) groups excluding carboxylic acids is 2. The van der Waals surface area contributed by atoms with Crippen LogP contribution in [-0.2, 0) is 9.59 Å². The molecule has 0 aromatic heterocycles. The molecule has 1 saturated heterocycles. The van der Waals surface area contributed by atoms with E-state index in [4.69, 9.17) is 0 Å². The van der Waals surface area contributed by atoms with Crippen LogP contribution in [-0.4, -0.2) is 23.9 Å². The van der Waals surface area contributed by atoms with Gasteiger partial charge in [0.25, 0.3) is 0 Å². The minimum atomic E-state index is -0.283. The molecule has 1 unspecified atom stereocenters. The number of benzene rings is 1. The maximum absolute atomic E-state index is 12.2. The third kappa shape index (κ3) is 3.39. The Labute approximate surface area is 127 Å². The summed E-state index contributed by atoms with van der Waals surface area (Å²) in [5.74, 6) is -0.347. The number of hydrogen-bond donors (Lipinski definition) is 1. The quantitative estimate of drug-likeness (QED) is 0.901. The molecule has 0 saturated carbocycles. The number of nitrogens with zero attached hydrogens (tertiary/aromatic N) is 1. The number of nitrogens with one attached hydrogen (secondary N) is 1. The minimum absolute atomic E-state index is 0.00837. The van der Waals surface area contributed by atoms with Gasteiger partial charge in [0.1, 0.15) is 0 Å². The SMILES string of the molecule is CC(C)(C)NC(=O)C1CC(=O)N(c2ccccc2Br)C1. The summed E-state index contributed by atoms with van der Waals surface area (Å²) >= 11 is 3.45. The summed E-state index contributed by atoms with van der Waals surface area (Å²) < 4.78 is 0.866. The lowest BCUT2D eigenvalue weighted by atomic mass is 10.0. The van der Waals surface area contributed by atoms with Crippen molar-refractivity contribution in [1.82, 2.24) is 5.32 Å². The lowest BCUT2D eigenvalue weighted by Gasteiger charge is -2.23. The Morgan fingerprint density at radius 2 is 2.00 bits per heavy atom. The lowest BCUT2D eigenvalue weighted by Crippen LogP contribution is -2.44. The molecule has 0 bridgehead atoms.